The predicted molar refractivity (Wildman–Crippen MR) is 85.1 cm³/mol. The van der Waals surface area contributed by atoms with Crippen LogP contribution in [0.5, 0.6) is 0 Å². The number of aromatic nitrogens is 1. The van der Waals surface area contributed by atoms with E-state index in [0.29, 0.717) is 5.92 Å². The second kappa shape index (κ2) is 5.82. The molecule has 1 aliphatic rings. The summed E-state index contributed by atoms with van der Waals surface area (Å²) in [5.41, 5.74) is 0.835. The number of thiazole rings is 1. The van der Waals surface area contributed by atoms with Crippen molar-refractivity contribution in [1.82, 2.24) is 9.88 Å². The minimum atomic E-state index is -0.0839. The molecule has 1 aromatic heterocycles. The zero-order valence-corrected chi connectivity index (χ0v) is 14.0. The van der Waals surface area contributed by atoms with E-state index < -0.39 is 0 Å². The molecule has 4 nitrogen and oxygen atoms in total. The van der Waals surface area contributed by atoms with Crippen molar-refractivity contribution in [1.29, 1.82) is 0 Å². The molecule has 0 radical (unpaired) electrons. The lowest BCUT2D eigenvalue weighted by Gasteiger charge is -2.20. The summed E-state index contributed by atoms with van der Waals surface area (Å²) in [6, 6.07) is 0. The second-order valence-electron chi connectivity index (χ2n) is 6.87. The van der Waals surface area contributed by atoms with Gasteiger partial charge in [0.2, 0.25) is 0 Å². The zero-order chi connectivity index (χ0) is 14.9. The molecule has 112 valence electrons. The summed E-state index contributed by atoms with van der Waals surface area (Å²) in [7, 11) is 4.25. The van der Waals surface area contributed by atoms with Gasteiger partial charge in [-0.2, -0.15) is 0 Å². The maximum absolute atomic E-state index is 11.2. The molecule has 0 bridgehead atoms. The lowest BCUT2D eigenvalue weighted by atomic mass is 9.91. The molecule has 5 heteroatoms. The molecular weight excluding hydrogens is 270 g/mol. The Morgan fingerprint density at radius 2 is 2.20 bits per heavy atom. The number of nitrogens with zero attached hydrogens (tertiary/aromatic N) is 3. The fourth-order valence-corrected chi connectivity index (χ4v) is 3.80. The molecule has 0 N–H and O–H groups in total. The van der Waals surface area contributed by atoms with Crippen LogP contribution in [0.15, 0.2) is 0 Å². The van der Waals surface area contributed by atoms with Crippen LogP contribution in [0.25, 0.3) is 0 Å². The lowest BCUT2D eigenvalue weighted by Crippen LogP contribution is -2.27. The smallest absolute Gasteiger partial charge is 0.185 e. The first kappa shape index (κ1) is 15.4. The Morgan fingerprint density at radius 3 is 2.65 bits per heavy atom. The van der Waals surface area contributed by atoms with Crippen molar-refractivity contribution in [3.05, 3.63) is 10.6 Å². The Balaban J connectivity index is 2.12. The number of hydrogen-bond acceptors (Lipinski definition) is 5. The first-order valence-corrected chi connectivity index (χ1v) is 7.99. The van der Waals surface area contributed by atoms with Crippen molar-refractivity contribution in [2.75, 3.05) is 38.6 Å². The third kappa shape index (κ3) is 3.38. The van der Waals surface area contributed by atoms with Gasteiger partial charge < -0.3 is 9.80 Å². The number of likely N-dealkylation sites (tertiary alicyclic amines) is 1. The molecule has 0 aliphatic carbocycles. The highest BCUT2D eigenvalue weighted by Gasteiger charge is 2.26. The fourth-order valence-electron chi connectivity index (χ4n) is 2.74. The van der Waals surface area contributed by atoms with Gasteiger partial charge in [0.25, 0.3) is 0 Å². The summed E-state index contributed by atoms with van der Waals surface area (Å²) in [5.74, 6) is 0.701. The topological polar surface area (TPSA) is 36.4 Å². The normalized spacial score (nSPS) is 20.4. The van der Waals surface area contributed by atoms with E-state index in [1.54, 1.807) is 0 Å². The molecule has 1 aromatic rings. The third-order valence-corrected chi connectivity index (χ3v) is 4.90. The minimum Gasteiger partial charge on any atom is -0.351 e. The van der Waals surface area contributed by atoms with E-state index in [2.05, 4.69) is 44.7 Å². The van der Waals surface area contributed by atoms with Gasteiger partial charge in [-0.25, -0.2) is 4.98 Å². The van der Waals surface area contributed by atoms with Gasteiger partial charge in [0.1, 0.15) is 0 Å². The highest BCUT2D eigenvalue weighted by Crippen LogP contribution is 2.33. The Morgan fingerprint density at radius 1 is 1.50 bits per heavy atom. The van der Waals surface area contributed by atoms with Crippen LogP contribution in [0, 0.1) is 5.92 Å². The van der Waals surface area contributed by atoms with Gasteiger partial charge >= 0.3 is 0 Å². The van der Waals surface area contributed by atoms with Crippen LogP contribution in [0.1, 0.15) is 42.6 Å². The Hall–Kier alpha value is -0.940. The number of aldehydes is 1. The molecule has 1 fully saturated rings. The molecule has 0 aromatic carbocycles. The van der Waals surface area contributed by atoms with Crippen molar-refractivity contribution in [2.24, 2.45) is 5.92 Å². The Kier molecular flexibility index (Phi) is 4.49. The number of carbonyl (C=O) groups excluding carboxylic acids is 1. The average Bonchev–Trinajstić information content (AvgIpc) is 2.94. The monoisotopic (exact) mass is 295 g/mol. The van der Waals surface area contributed by atoms with E-state index in [4.69, 9.17) is 4.98 Å². The molecule has 1 unspecified atom stereocenters. The third-order valence-electron chi connectivity index (χ3n) is 3.81. The van der Waals surface area contributed by atoms with Gasteiger partial charge in [-0.1, -0.05) is 32.1 Å². The summed E-state index contributed by atoms with van der Waals surface area (Å²) < 4.78 is 0. The summed E-state index contributed by atoms with van der Waals surface area (Å²) >= 11 is 1.51. The number of anilines is 1. The fraction of sp³-hybridized carbons (Fsp3) is 0.733. The summed E-state index contributed by atoms with van der Waals surface area (Å²) in [4.78, 5) is 21.3. The van der Waals surface area contributed by atoms with E-state index in [-0.39, 0.29) is 5.41 Å². The van der Waals surface area contributed by atoms with E-state index in [0.717, 1.165) is 35.1 Å². The van der Waals surface area contributed by atoms with Crippen LogP contribution in [-0.4, -0.2) is 49.9 Å². The van der Waals surface area contributed by atoms with Crippen molar-refractivity contribution in [3.63, 3.8) is 0 Å². The number of rotatable bonds is 4. The number of carbonyl (C=O) groups is 1. The van der Waals surface area contributed by atoms with E-state index in [9.17, 15) is 4.79 Å². The Labute approximate surface area is 125 Å². The minimum absolute atomic E-state index is 0.0839. The van der Waals surface area contributed by atoms with E-state index in [1.807, 2.05) is 0 Å². The lowest BCUT2D eigenvalue weighted by molar-refractivity contribution is 0.112. The van der Waals surface area contributed by atoms with Gasteiger partial charge in [0.05, 0.1) is 10.6 Å². The van der Waals surface area contributed by atoms with Gasteiger partial charge in [-0.3, -0.25) is 4.79 Å². The first-order chi connectivity index (χ1) is 9.31. The van der Waals surface area contributed by atoms with Gasteiger partial charge in [0.15, 0.2) is 11.4 Å². The Bertz CT molecular complexity index is 478. The SMILES string of the molecule is CN1CCC(CN(C)c2nc(C(C)(C)C)c(C=O)s2)C1. The van der Waals surface area contributed by atoms with Crippen LogP contribution in [0.2, 0.25) is 0 Å². The molecule has 1 atom stereocenters. The van der Waals surface area contributed by atoms with Gasteiger partial charge in [-0.15, -0.1) is 0 Å². The summed E-state index contributed by atoms with van der Waals surface area (Å²) in [6.07, 6.45) is 2.19. The molecule has 0 amide bonds. The van der Waals surface area contributed by atoms with Crippen molar-refractivity contribution in [2.45, 2.75) is 32.6 Å². The van der Waals surface area contributed by atoms with Crippen LogP contribution >= 0.6 is 11.3 Å². The summed E-state index contributed by atoms with van der Waals surface area (Å²) in [6.45, 7) is 9.66. The molecule has 2 heterocycles. The highest BCUT2D eigenvalue weighted by atomic mass is 32.1. The molecule has 1 saturated heterocycles. The van der Waals surface area contributed by atoms with Gasteiger partial charge in [0, 0.05) is 25.6 Å². The van der Waals surface area contributed by atoms with Crippen LogP contribution in [0.4, 0.5) is 5.13 Å². The van der Waals surface area contributed by atoms with Crippen LogP contribution in [0.3, 0.4) is 0 Å². The molecule has 0 saturated carbocycles. The van der Waals surface area contributed by atoms with Crippen LogP contribution in [-0.2, 0) is 5.41 Å². The van der Waals surface area contributed by atoms with Crippen molar-refractivity contribution >= 4 is 22.8 Å². The molecule has 1 aliphatic heterocycles. The van der Waals surface area contributed by atoms with Crippen molar-refractivity contribution in [3.8, 4) is 0 Å². The van der Waals surface area contributed by atoms with Crippen molar-refractivity contribution < 1.29 is 4.79 Å². The highest BCUT2D eigenvalue weighted by molar-refractivity contribution is 7.17. The molecule has 2 rings (SSSR count). The zero-order valence-electron chi connectivity index (χ0n) is 13.1. The molecule has 20 heavy (non-hydrogen) atoms. The quantitative estimate of drug-likeness (QED) is 0.800. The maximum Gasteiger partial charge on any atom is 0.185 e. The summed E-state index contributed by atoms with van der Waals surface area (Å²) in [5, 5.41) is 0.964. The molecular formula is C15H25N3OS. The van der Waals surface area contributed by atoms with Crippen LogP contribution < -0.4 is 4.90 Å². The maximum atomic E-state index is 11.2. The van der Waals surface area contributed by atoms with Gasteiger partial charge in [-0.05, 0) is 25.9 Å². The second-order valence-corrected chi connectivity index (χ2v) is 7.88. The number of hydrogen-bond donors (Lipinski definition) is 0. The average molecular weight is 295 g/mol. The predicted octanol–water partition coefficient (Wildman–Crippen LogP) is 2.64. The molecule has 0 spiro atoms. The standard InChI is InChI=1S/C15H25N3OS/c1-15(2,3)13-12(10-19)20-14(16-13)18(5)9-11-6-7-17(4)8-11/h10-11H,6-9H2,1-5H3. The van der Waals surface area contributed by atoms with E-state index >= 15 is 0 Å². The first-order valence-electron chi connectivity index (χ1n) is 7.17. The largest absolute Gasteiger partial charge is 0.351 e. The van der Waals surface area contributed by atoms with E-state index in [1.165, 1.54) is 24.3 Å².